The van der Waals surface area contributed by atoms with Crippen LogP contribution in [0.2, 0.25) is 5.02 Å². The predicted octanol–water partition coefficient (Wildman–Crippen LogP) is 4.01. The van der Waals surface area contributed by atoms with E-state index in [2.05, 4.69) is 22.1 Å². The Morgan fingerprint density at radius 3 is 3.05 bits per heavy atom. The molecule has 1 aromatic heterocycles. The van der Waals surface area contributed by atoms with Crippen molar-refractivity contribution in [2.24, 2.45) is 0 Å². The van der Waals surface area contributed by atoms with Gasteiger partial charge in [-0.05, 0) is 48.4 Å². The molecule has 1 unspecified atom stereocenters. The summed E-state index contributed by atoms with van der Waals surface area (Å²) in [5.74, 6) is -0.0644. The van der Waals surface area contributed by atoms with Gasteiger partial charge >= 0.3 is 0 Å². The van der Waals surface area contributed by atoms with Crippen molar-refractivity contribution in [2.45, 2.75) is 25.3 Å². The Morgan fingerprint density at radius 1 is 1.33 bits per heavy atom. The molecule has 1 aliphatic rings. The fraction of sp³-hybridized carbons (Fsp3) is 0.312. The molecule has 0 radical (unpaired) electrons. The summed E-state index contributed by atoms with van der Waals surface area (Å²) in [6.45, 7) is 0.297. The molecule has 1 aliphatic carbocycles. The third kappa shape index (κ3) is 3.46. The lowest BCUT2D eigenvalue weighted by atomic mass is 9.94. The van der Waals surface area contributed by atoms with Crippen LogP contribution in [0.25, 0.3) is 0 Å². The van der Waals surface area contributed by atoms with Gasteiger partial charge in [-0.15, -0.1) is 11.3 Å². The molecule has 0 saturated carbocycles. The average molecular weight is 321 g/mol. The first-order valence-corrected chi connectivity index (χ1v) is 8.34. The summed E-state index contributed by atoms with van der Waals surface area (Å²) in [4.78, 5) is 13.5. The summed E-state index contributed by atoms with van der Waals surface area (Å²) in [6, 6.07) is 9.73. The molecule has 2 aromatic rings. The smallest absolute Gasteiger partial charge is 0.238 e. The van der Waals surface area contributed by atoms with Gasteiger partial charge in [0.25, 0.3) is 0 Å². The lowest BCUT2D eigenvalue weighted by Gasteiger charge is -2.23. The van der Waals surface area contributed by atoms with Crippen LogP contribution in [-0.2, 0) is 11.2 Å². The Bertz CT molecular complexity index is 641. The standard InChI is InChI=1S/C16H17ClN2OS/c17-12-4-1-2-5-14(12)19-16(20)10-18-13-6-3-7-15-11(13)8-9-21-15/h1-2,4-5,8-9,13,18H,3,6-7,10H2,(H,19,20). The minimum atomic E-state index is -0.0644. The van der Waals surface area contributed by atoms with Gasteiger partial charge in [0, 0.05) is 10.9 Å². The molecule has 1 amide bonds. The van der Waals surface area contributed by atoms with Crippen LogP contribution in [0.5, 0.6) is 0 Å². The van der Waals surface area contributed by atoms with Gasteiger partial charge < -0.3 is 10.6 Å². The highest BCUT2D eigenvalue weighted by molar-refractivity contribution is 7.10. The van der Waals surface area contributed by atoms with Gasteiger partial charge in [0.1, 0.15) is 0 Å². The maximum Gasteiger partial charge on any atom is 0.238 e. The largest absolute Gasteiger partial charge is 0.324 e. The molecule has 0 bridgehead atoms. The summed E-state index contributed by atoms with van der Waals surface area (Å²) in [6.07, 6.45) is 3.43. The van der Waals surface area contributed by atoms with E-state index < -0.39 is 0 Å². The normalized spacial score (nSPS) is 17.3. The van der Waals surface area contributed by atoms with Crippen LogP contribution in [0.3, 0.4) is 0 Å². The SMILES string of the molecule is O=C(CNC1CCCc2sccc21)Nc1ccccc1Cl. The number of aryl methyl sites for hydroxylation is 1. The number of anilines is 1. The number of hydrogen-bond acceptors (Lipinski definition) is 3. The number of rotatable bonds is 4. The highest BCUT2D eigenvalue weighted by Gasteiger charge is 2.21. The average Bonchev–Trinajstić information content (AvgIpc) is 2.96. The van der Waals surface area contributed by atoms with Crippen molar-refractivity contribution >= 4 is 34.5 Å². The van der Waals surface area contributed by atoms with E-state index in [0.29, 0.717) is 17.3 Å². The molecule has 0 aliphatic heterocycles. The van der Waals surface area contributed by atoms with Crippen molar-refractivity contribution < 1.29 is 4.79 Å². The van der Waals surface area contributed by atoms with Crippen LogP contribution in [0.1, 0.15) is 29.3 Å². The molecule has 0 spiro atoms. The van der Waals surface area contributed by atoms with Crippen molar-refractivity contribution in [3.8, 4) is 0 Å². The number of carbonyl (C=O) groups excluding carboxylic acids is 1. The highest BCUT2D eigenvalue weighted by atomic mass is 35.5. The number of hydrogen-bond donors (Lipinski definition) is 2. The molecular formula is C16H17ClN2OS. The lowest BCUT2D eigenvalue weighted by Crippen LogP contribution is -2.32. The first-order valence-electron chi connectivity index (χ1n) is 7.08. The second kappa shape index (κ2) is 6.60. The van der Waals surface area contributed by atoms with E-state index in [4.69, 9.17) is 11.6 Å². The zero-order valence-electron chi connectivity index (χ0n) is 11.6. The van der Waals surface area contributed by atoms with Crippen molar-refractivity contribution in [2.75, 3.05) is 11.9 Å². The van der Waals surface area contributed by atoms with Gasteiger partial charge in [-0.25, -0.2) is 0 Å². The topological polar surface area (TPSA) is 41.1 Å². The van der Waals surface area contributed by atoms with Crippen molar-refractivity contribution in [1.29, 1.82) is 0 Å². The molecule has 3 nitrogen and oxygen atoms in total. The summed E-state index contributed by atoms with van der Waals surface area (Å²) in [5.41, 5.74) is 2.02. The fourth-order valence-corrected chi connectivity index (χ4v) is 3.84. The van der Waals surface area contributed by atoms with Crippen LogP contribution < -0.4 is 10.6 Å². The number of nitrogens with one attached hydrogen (secondary N) is 2. The van der Waals surface area contributed by atoms with Crippen molar-refractivity contribution in [3.05, 3.63) is 51.2 Å². The van der Waals surface area contributed by atoms with E-state index in [1.54, 1.807) is 12.1 Å². The quantitative estimate of drug-likeness (QED) is 0.893. The highest BCUT2D eigenvalue weighted by Crippen LogP contribution is 2.33. The molecule has 1 atom stereocenters. The molecule has 1 heterocycles. The summed E-state index contributed by atoms with van der Waals surface area (Å²) < 4.78 is 0. The Balaban J connectivity index is 1.57. The van der Waals surface area contributed by atoms with E-state index in [1.807, 2.05) is 23.5 Å². The van der Waals surface area contributed by atoms with E-state index in [9.17, 15) is 4.79 Å². The number of para-hydroxylation sites is 1. The van der Waals surface area contributed by atoms with Crippen LogP contribution in [0.15, 0.2) is 35.7 Å². The summed E-state index contributed by atoms with van der Waals surface area (Å²) in [5, 5.41) is 8.88. The minimum absolute atomic E-state index is 0.0644. The minimum Gasteiger partial charge on any atom is -0.324 e. The van der Waals surface area contributed by atoms with Gasteiger partial charge in [0.05, 0.1) is 17.3 Å². The van der Waals surface area contributed by atoms with Gasteiger partial charge in [-0.3, -0.25) is 4.79 Å². The third-order valence-electron chi connectivity index (χ3n) is 3.71. The van der Waals surface area contributed by atoms with Gasteiger partial charge in [0.15, 0.2) is 0 Å². The van der Waals surface area contributed by atoms with Crippen LogP contribution >= 0.6 is 22.9 Å². The number of fused-ring (bicyclic) bond motifs is 1. The summed E-state index contributed by atoms with van der Waals surface area (Å²) in [7, 11) is 0. The maximum absolute atomic E-state index is 12.0. The third-order valence-corrected chi connectivity index (χ3v) is 5.03. The van der Waals surface area contributed by atoms with Crippen LogP contribution in [-0.4, -0.2) is 12.5 Å². The lowest BCUT2D eigenvalue weighted by molar-refractivity contribution is -0.115. The van der Waals surface area contributed by atoms with E-state index in [-0.39, 0.29) is 11.9 Å². The van der Waals surface area contributed by atoms with Crippen LogP contribution in [0.4, 0.5) is 5.69 Å². The molecule has 110 valence electrons. The fourth-order valence-electron chi connectivity index (χ4n) is 2.67. The second-order valence-electron chi connectivity index (χ2n) is 5.15. The molecule has 1 aromatic carbocycles. The number of benzene rings is 1. The van der Waals surface area contributed by atoms with E-state index >= 15 is 0 Å². The monoisotopic (exact) mass is 320 g/mol. The van der Waals surface area contributed by atoms with E-state index in [0.717, 1.165) is 12.8 Å². The van der Waals surface area contributed by atoms with Gasteiger partial charge in [-0.1, -0.05) is 23.7 Å². The molecule has 3 rings (SSSR count). The predicted molar refractivity (Wildman–Crippen MR) is 88.1 cm³/mol. The Kier molecular flexibility index (Phi) is 4.58. The number of halogens is 1. The van der Waals surface area contributed by atoms with Gasteiger partial charge in [-0.2, -0.15) is 0 Å². The van der Waals surface area contributed by atoms with Crippen molar-refractivity contribution in [3.63, 3.8) is 0 Å². The van der Waals surface area contributed by atoms with Gasteiger partial charge in [0.2, 0.25) is 5.91 Å². The van der Waals surface area contributed by atoms with Crippen molar-refractivity contribution in [1.82, 2.24) is 5.32 Å². The molecule has 21 heavy (non-hydrogen) atoms. The zero-order valence-corrected chi connectivity index (χ0v) is 13.1. The summed E-state index contributed by atoms with van der Waals surface area (Å²) >= 11 is 7.85. The second-order valence-corrected chi connectivity index (χ2v) is 6.56. The molecule has 0 fully saturated rings. The number of carbonyl (C=O) groups is 1. The molecule has 2 N–H and O–H groups in total. The molecule has 0 saturated heterocycles. The molecular weight excluding hydrogens is 304 g/mol. The Labute approximate surface area is 133 Å². The first-order chi connectivity index (χ1) is 10.2. The van der Waals surface area contributed by atoms with E-state index in [1.165, 1.54) is 16.9 Å². The zero-order chi connectivity index (χ0) is 14.7. The number of thiophene rings is 1. The first kappa shape index (κ1) is 14.6. The van der Waals surface area contributed by atoms with Crippen LogP contribution in [0, 0.1) is 0 Å². The Hall–Kier alpha value is -1.36. The number of amides is 1. The Morgan fingerprint density at radius 2 is 2.19 bits per heavy atom. The molecule has 5 heteroatoms. The maximum atomic E-state index is 12.0.